The number of nitrogens with one attached hydrogen (secondary N) is 2. The lowest BCUT2D eigenvalue weighted by Crippen LogP contribution is -2.13. The molecule has 0 saturated carbocycles. The maximum Gasteiger partial charge on any atom is 0.0700 e. The van der Waals surface area contributed by atoms with E-state index >= 15 is 0 Å². The van der Waals surface area contributed by atoms with Gasteiger partial charge in [0.05, 0.1) is 13.2 Å². The van der Waals surface area contributed by atoms with Crippen LogP contribution in [0.5, 0.6) is 0 Å². The average Bonchev–Trinajstić information content (AvgIpc) is 2.34. The Hall–Kier alpha value is -0.740. The first-order chi connectivity index (χ1) is 8.35. The van der Waals surface area contributed by atoms with Gasteiger partial charge in [-0.2, -0.15) is 0 Å². The molecule has 4 nitrogen and oxygen atoms in total. The minimum Gasteiger partial charge on any atom is -0.379 e. The molecule has 0 amide bonds. The number of hydrogen-bond acceptors (Lipinski definition) is 4. The quantitative estimate of drug-likeness (QED) is 0.385. The molecule has 4 heteroatoms. The Morgan fingerprint density at radius 2 is 1.82 bits per heavy atom. The van der Waals surface area contributed by atoms with Crippen LogP contribution in [-0.4, -0.2) is 38.9 Å². The monoisotopic (exact) mass is 242 g/mol. The van der Waals surface area contributed by atoms with Crippen LogP contribution in [0.3, 0.4) is 0 Å². The van der Waals surface area contributed by atoms with Gasteiger partial charge >= 0.3 is 0 Å². The van der Waals surface area contributed by atoms with E-state index in [1.165, 1.54) is 12.4 Å². The van der Waals surface area contributed by atoms with Crippen LogP contribution in [0.15, 0.2) is 0 Å². The molecule has 0 aliphatic carbocycles. The summed E-state index contributed by atoms with van der Waals surface area (Å²) in [6, 6.07) is 0. The molecule has 0 rings (SSSR count). The molecule has 17 heavy (non-hydrogen) atoms. The van der Waals surface area contributed by atoms with Crippen LogP contribution in [-0.2, 0) is 9.47 Å². The zero-order chi connectivity index (χ0) is 12.8. The van der Waals surface area contributed by atoms with E-state index in [1.807, 2.05) is 0 Å². The predicted octanol–water partition coefficient (Wildman–Crippen LogP) is 2.91. The topological polar surface area (TPSA) is 66.2 Å². The van der Waals surface area contributed by atoms with Crippen molar-refractivity contribution in [1.29, 1.82) is 10.8 Å². The first-order valence-corrected chi connectivity index (χ1v) is 6.48. The normalized spacial score (nSPS) is 12.3. The Balaban J connectivity index is 3.47. The van der Waals surface area contributed by atoms with Gasteiger partial charge in [-0.05, 0) is 50.5 Å². The van der Waals surface area contributed by atoms with Crippen molar-refractivity contribution in [3.05, 3.63) is 0 Å². The van der Waals surface area contributed by atoms with Crippen molar-refractivity contribution in [2.45, 2.75) is 39.0 Å². The number of ether oxygens (including phenoxy) is 2. The molecule has 100 valence electrons. The Morgan fingerprint density at radius 1 is 1.06 bits per heavy atom. The van der Waals surface area contributed by atoms with Crippen LogP contribution >= 0.6 is 0 Å². The molecule has 1 unspecified atom stereocenters. The highest BCUT2D eigenvalue weighted by Crippen LogP contribution is 2.11. The van der Waals surface area contributed by atoms with Gasteiger partial charge in [0.2, 0.25) is 0 Å². The molecule has 0 bridgehead atoms. The Morgan fingerprint density at radius 3 is 2.47 bits per heavy atom. The Labute approximate surface area is 105 Å². The van der Waals surface area contributed by atoms with E-state index in [4.69, 9.17) is 20.3 Å². The van der Waals surface area contributed by atoms with Crippen molar-refractivity contribution in [3.63, 3.8) is 0 Å². The fraction of sp³-hybridized carbons (Fsp3) is 0.846. The second-order valence-electron chi connectivity index (χ2n) is 4.13. The van der Waals surface area contributed by atoms with Gasteiger partial charge in [-0.15, -0.1) is 0 Å². The SMILES string of the molecule is CCCOCCOCC(CC=N)CCCC=N. The molecule has 1 atom stereocenters. The molecule has 0 saturated heterocycles. The molecule has 0 aliphatic rings. The van der Waals surface area contributed by atoms with E-state index in [9.17, 15) is 0 Å². The van der Waals surface area contributed by atoms with Crippen LogP contribution in [0.4, 0.5) is 0 Å². The maximum absolute atomic E-state index is 7.13. The lowest BCUT2D eigenvalue weighted by Gasteiger charge is -2.14. The third kappa shape index (κ3) is 11.5. The lowest BCUT2D eigenvalue weighted by atomic mass is 10.00. The van der Waals surface area contributed by atoms with Gasteiger partial charge < -0.3 is 20.3 Å². The summed E-state index contributed by atoms with van der Waals surface area (Å²) in [5, 5.41) is 14.1. The molecule has 0 aromatic rings. The third-order valence-electron chi connectivity index (χ3n) is 2.49. The van der Waals surface area contributed by atoms with Gasteiger partial charge in [-0.25, -0.2) is 0 Å². The zero-order valence-electron chi connectivity index (χ0n) is 10.9. The Kier molecular flexibility index (Phi) is 12.7. The van der Waals surface area contributed by atoms with Gasteiger partial charge in [-0.3, -0.25) is 0 Å². The van der Waals surface area contributed by atoms with E-state index in [-0.39, 0.29) is 0 Å². The summed E-state index contributed by atoms with van der Waals surface area (Å²) >= 11 is 0. The van der Waals surface area contributed by atoms with Crippen LogP contribution in [0.25, 0.3) is 0 Å². The first kappa shape index (κ1) is 16.3. The first-order valence-electron chi connectivity index (χ1n) is 6.48. The molecule has 0 aromatic carbocycles. The van der Waals surface area contributed by atoms with E-state index in [1.54, 1.807) is 0 Å². The van der Waals surface area contributed by atoms with Crippen LogP contribution in [0.2, 0.25) is 0 Å². The molecule has 2 N–H and O–H groups in total. The molecule has 0 aromatic heterocycles. The van der Waals surface area contributed by atoms with Crippen molar-refractivity contribution in [2.24, 2.45) is 5.92 Å². The van der Waals surface area contributed by atoms with Gasteiger partial charge in [-0.1, -0.05) is 6.92 Å². The van der Waals surface area contributed by atoms with Crippen LogP contribution in [0.1, 0.15) is 39.0 Å². The largest absolute Gasteiger partial charge is 0.379 e. The standard InChI is InChI=1S/C13H26N2O2/c1-2-9-16-10-11-17-12-13(6-8-15)5-3-4-7-14/h7-8,13-15H,2-6,9-12H2,1H3. The fourth-order valence-electron chi connectivity index (χ4n) is 1.56. The van der Waals surface area contributed by atoms with Gasteiger partial charge in [0.1, 0.15) is 0 Å². The highest BCUT2D eigenvalue weighted by atomic mass is 16.5. The molecule has 0 heterocycles. The minimum atomic E-state index is 0.415. The van der Waals surface area contributed by atoms with E-state index in [0.717, 1.165) is 38.7 Å². The summed E-state index contributed by atoms with van der Waals surface area (Å²) in [7, 11) is 0. The predicted molar refractivity (Wildman–Crippen MR) is 71.5 cm³/mol. The van der Waals surface area contributed by atoms with E-state index < -0.39 is 0 Å². The van der Waals surface area contributed by atoms with Gasteiger partial charge in [0.25, 0.3) is 0 Å². The van der Waals surface area contributed by atoms with E-state index in [0.29, 0.717) is 25.7 Å². The van der Waals surface area contributed by atoms with Crippen molar-refractivity contribution < 1.29 is 9.47 Å². The maximum atomic E-state index is 7.13. The second-order valence-corrected chi connectivity index (χ2v) is 4.13. The summed E-state index contributed by atoms with van der Waals surface area (Å²) in [6.45, 7) is 4.88. The summed E-state index contributed by atoms with van der Waals surface area (Å²) in [6.07, 6.45) is 7.58. The van der Waals surface area contributed by atoms with E-state index in [2.05, 4.69) is 6.92 Å². The highest BCUT2D eigenvalue weighted by Gasteiger charge is 2.07. The molecule has 0 radical (unpaired) electrons. The van der Waals surface area contributed by atoms with Crippen molar-refractivity contribution >= 4 is 12.4 Å². The second kappa shape index (κ2) is 13.3. The van der Waals surface area contributed by atoms with Gasteiger partial charge in [0, 0.05) is 13.2 Å². The highest BCUT2D eigenvalue weighted by molar-refractivity contribution is 5.53. The van der Waals surface area contributed by atoms with Crippen LogP contribution in [0, 0.1) is 16.7 Å². The molecular weight excluding hydrogens is 216 g/mol. The third-order valence-corrected chi connectivity index (χ3v) is 2.49. The van der Waals surface area contributed by atoms with Crippen LogP contribution < -0.4 is 0 Å². The molecule has 0 aliphatic heterocycles. The molecular formula is C13H26N2O2. The number of hydrogen-bond donors (Lipinski definition) is 2. The lowest BCUT2D eigenvalue weighted by molar-refractivity contribution is 0.0332. The summed E-state index contributed by atoms with van der Waals surface area (Å²) in [4.78, 5) is 0. The van der Waals surface area contributed by atoms with Crippen molar-refractivity contribution in [2.75, 3.05) is 26.4 Å². The van der Waals surface area contributed by atoms with Gasteiger partial charge in [0.15, 0.2) is 0 Å². The van der Waals surface area contributed by atoms with Crippen molar-refractivity contribution in [1.82, 2.24) is 0 Å². The minimum absolute atomic E-state index is 0.415. The molecule has 0 fully saturated rings. The zero-order valence-corrected chi connectivity index (χ0v) is 10.9. The molecule has 0 spiro atoms. The average molecular weight is 242 g/mol. The summed E-state index contributed by atoms with van der Waals surface area (Å²) < 4.78 is 10.9. The summed E-state index contributed by atoms with van der Waals surface area (Å²) in [5.41, 5.74) is 0. The Bertz CT molecular complexity index is 186. The summed E-state index contributed by atoms with van der Waals surface area (Å²) in [5.74, 6) is 0.415. The smallest absolute Gasteiger partial charge is 0.0700 e. The fourth-order valence-corrected chi connectivity index (χ4v) is 1.56. The number of unbranched alkanes of at least 4 members (excludes halogenated alkanes) is 1. The van der Waals surface area contributed by atoms with Crippen molar-refractivity contribution in [3.8, 4) is 0 Å². The number of rotatable bonds is 13.